The summed E-state index contributed by atoms with van der Waals surface area (Å²) in [4.78, 5) is 16.9. The number of carbonyl (C=O) groups excluding carboxylic acids is 1. The second-order valence-corrected chi connectivity index (χ2v) is 9.40. The van der Waals surface area contributed by atoms with Gasteiger partial charge in [0.2, 0.25) is 5.91 Å². The zero-order chi connectivity index (χ0) is 21.6. The lowest BCUT2D eigenvalue weighted by molar-refractivity contribution is -0.130. The molecule has 1 amide bonds. The van der Waals surface area contributed by atoms with Gasteiger partial charge in [0.05, 0.1) is 6.20 Å². The van der Waals surface area contributed by atoms with E-state index in [0.29, 0.717) is 12.3 Å². The largest absolute Gasteiger partial charge is 0.343 e. The van der Waals surface area contributed by atoms with Gasteiger partial charge in [0.15, 0.2) is 0 Å². The summed E-state index contributed by atoms with van der Waals surface area (Å²) in [5.41, 5.74) is 5.41. The molecule has 2 aliphatic rings. The van der Waals surface area contributed by atoms with Gasteiger partial charge in [-0.05, 0) is 82.5 Å². The Hall–Kier alpha value is -2.14. The fourth-order valence-electron chi connectivity index (χ4n) is 5.10. The number of benzene rings is 1. The highest BCUT2D eigenvalue weighted by Gasteiger charge is 2.21. The van der Waals surface area contributed by atoms with Crippen LogP contribution in [0.25, 0.3) is 0 Å². The van der Waals surface area contributed by atoms with Crippen LogP contribution in [0.1, 0.15) is 61.4 Å². The molecule has 0 unspecified atom stereocenters. The highest BCUT2D eigenvalue weighted by atomic mass is 16.2. The van der Waals surface area contributed by atoms with Gasteiger partial charge in [-0.25, -0.2) is 0 Å². The molecule has 2 aromatic rings. The molecular weight excluding hydrogens is 384 g/mol. The first-order valence-corrected chi connectivity index (χ1v) is 12.2. The fraction of sp³-hybridized carbons (Fsp3) is 0.615. The molecule has 5 heteroatoms. The summed E-state index contributed by atoms with van der Waals surface area (Å²) < 4.78 is 2.09. The molecular formula is C26H38N4O. The maximum absolute atomic E-state index is 12.2. The van der Waals surface area contributed by atoms with Gasteiger partial charge < -0.3 is 4.90 Å². The van der Waals surface area contributed by atoms with Gasteiger partial charge >= 0.3 is 0 Å². The van der Waals surface area contributed by atoms with E-state index in [-0.39, 0.29) is 0 Å². The minimum atomic E-state index is 0.325. The highest BCUT2D eigenvalue weighted by Crippen LogP contribution is 2.24. The standard InChI is InChI=1S/C26H38N4O/c1-3-30-21(2)25(19-27-30)20-28-16-12-24(13-17-28)18-23-8-6-22(7-9-23)10-11-26(31)29-14-4-5-15-29/h6-9,19,24H,3-5,10-18,20H2,1-2H3. The quantitative estimate of drug-likeness (QED) is 0.640. The van der Waals surface area contributed by atoms with Crippen molar-refractivity contribution in [3.8, 4) is 0 Å². The predicted octanol–water partition coefficient (Wildman–Crippen LogP) is 4.22. The van der Waals surface area contributed by atoms with Gasteiger partial charge in [-0.15, -0.1) is 0 Å². The molecule has 0 N–H and O–H groups in total. The summed E-state index contributed by atoms with van der Waals surface area (Å²) in [6.07, 6.45) is 9.61. The molecule has 1 aromatic heterocycles. The first kappa shape index (κ1) is 22.1. The second-order valence-electron chi connectivity index (χ2n) is 9.40. The SMILES string of the molecule is CCn1ncc(CN2CCC(Cc3ccc(CCC(=O)N4CCCC4)cc3)CC2)c1C. The monoisotopic (exact) mass is 422 g/mol. The van der Waals surface area contributed by atoms with Crippen LogP contribution in [0.3, 0.4) is 0 Å². The van der Waals surface area contributed by atoms with E-state index >= 15 is 0 Å². The molecule has 0 bridgehead atoms. The highest BCUT2D eigenvalue weighted by molar-refractivity contribution is 5.76. The van der Waals surface area contributed by atoms with E-state index < -0.39 is 0 Å². The lowest BCUT2D eigenvalue weighted by atomic mass is 9.89. The fourth-order valence-corrected chi connectivity index (χ4v) is 5.10. The smallest absolute Gasteiger partial charge is 0.222 e. The van der Waals surface area contributed by atoms with Crippen LogP contribution < -0.4 is 0 Å². The first-order chi connectivity index (χ1) is 15.1. The van der Waals surface area contributed by atoms with Crippen LogP contribution in [-0.2, 0) is 30.7 Å². The summed E-state index contributed by atoms with van der Waals surface area (Å²) in [6.45, 7) is 10.6. The van der Waals surface area contributed by atoms with Crippen molar-refractivity contribution in [1.29, 1.82) is 0 Å². The normalized spacial score (nSPS) is 18.1. The van der Waals surface area contributed by atoms with Crippen LogP contribution >= 0.6 is 0 Å². The van der Waals surface area contributed by atoms with Gasteiger partial charge in [-0.1, -0.05) is 24.3 Å². The summed E-state index contributed by atoms with van der Waals surface area (Å²) in [5, 5.41) is 4.49. The molecule has 0 aliphatic carbocycles. The van der Waals surface area contributed by atoms with Crippen LogP contribution in [0.2, 0.25) is 0 Å². The molecule has 0 radical (unpaired) electrons. The van der Waals surface area contributed by atoms with Crippen molar-refractivity contribution >= 4 is 5.91 Å². The molecule has 2 fully saturated rings. The third kappa shape index (κ3) is 5.76. The summed E-state index contributed by atoms with van der Waals surface area (Å²) >= 11 is 0. The number of hydrogen-bond acceptors (Lipinski definition) is 3. The number of carbonyl (C=O) groups is 1. The van der Waals surface area contributed by atoms with E-state index in [0.717, 1.165) is 38.5 Å². The molecule has 2 saturated heterocycles. The van der Waals surface area contributed by atoms with E-state index in [1.54, 1.807) is 0 Å². The van der Waals surface area contributed by atoms with Crippen molar-refractivity contribution in [2.24, 2.45) is 5.92 Å². The second kappa shape index (κ2) is 10.4. The van der Waals surface area contributed by atoms with Gasteiger partial charge in [0, 0.05) is 43.9 Å². The van der Waals surface area contributed by atoms with Crippen molar-refractivity contribution < 1.29 is 4.79 Å². The van der Waals surface area contributed by atoms with Crippen LogP contribution in [0.15, 0.2) is 30.5 Å². The number of amides is 1. The molecule has 1 aromatic carbocycles. The maximum Gasteiger partial charge on any atom is 0.222 e. The Kier molecular flexibility index (Phi) is 7.44. The number of aryl methyl sites for hydroxylation is 2. The Morgan fingerprint density at radius 2 is 1.71 bits per heavy atom. The van der Waals surface area contributed by atoms with Crippen molar-refractivity contribution in [2.45, 2.75) is 71.9 Å². The third-order valence-electron chi connectivity index (χ3n) is 7.24. The average Bonchev–Trinajstić information content (AvgIpc) is 3.45. The Morgan fingerprint density at radius 3 is 2.35 bits per heavy atom. The molecule has 0 atom stereocenters. The number of aromatic nitrogens is 2. The minimum absolute atomic E-state index is 0.325. The van der Waals surface area contributed by atoms with E-state index in [2.05, 4.69) is 52.8 Å². The molecule has 168 valence electrons. The lowest BCUT2D eigenvalue weighted by Gasteiger charge is -2.32. The summed E-state index contributed by atoms with van der Waals surface area (Å²) in [6, 6.07) is 9.03. The number of rotatable bonds is 8. The molecule has 31 heavy (non-hydrogen) atoms. The lowest BCUT2D eigenvalue weighted by Crippen LogP contribution is -2.34. The molecule has 0 spiro atoms. The molecule has 4 rings (SSSR count). The third-order valence-corrected chi connectivity index (χ3v) is 7.24. The number of hydrogen-bond donors (Lipinski definition) is 0. The van der Waals surface area contributed by atoms with Crippen LogP contribution in [-0.4, -0.2) is 51.7 Å². The van der Waals surface area contributed by atoms with Gasteiger partial charge in [-0.2, -0.15) is 5.10 Å². The maximum atomic E-state index is 12.2. The van der Waals surface area contributed by atoms with Crippen LogP contribution in [0.5, 0.6) is 0 Å². The van der Waals surface area contributed by atoms with Crippen LogP contribution in [0, 0.1) is 12.8 Å². The summed E-state index contributed by atoms with van der Waals surface area (Å²) in [5.74, 6) is 1.10. The van der Waals surface area contributed by atoms with Gasteiger partial charge in [0.25, 0.3) is 0 Å². The van der Waals surface area contributed by atoms with E-state index in [4.69, 9.17) is 0 Å². The van der Waals surface area contributed by atoms with E-state index in [1.807, 2.05) is 11.1 Å². The van der Waals surface area contributed by atoms with E-state index in [1.165, 1.54) is 67.6 Å². The topological polar surface area (TPSA) is 41.4 Å². The number of nitrogens with zero attached hydrogens (tertiary/aromatic N) is 4. The zero-order valence-corrected chi connectivity index (χ0v) is 19.4. The van der Waals surface area contributed by atoms with E-state index in [9.17, 15) is 4.79 Å². The number of likely N-dealkylation sites (tertiary alicyclic amines) is 2. The van der Waals surface area contributed by atoms with Crippen molar-refractivity contribution in [3.05, 3.63) is 52.8 Å². The predicted molar refractivity (Wildman–Crippen MR) is 125 cm³/mol. The molecule has 3 heterocycles. The first-order valence-electron chi connectivity index (χ1n) is 12.2. The summed E-state index contributed by atoms with van der Waals surface area (Å²) in [7, 11) is 0. The molecule has 2 aliphatic heterocycles. The molecule has 0 saturated carbocycles. The Balaban J connectivity index is 1.19. The van der Waals surface area contributed by atoms with Crippen LogP contribution in [0.4, 0.5) is 0 Å². The Labute approximate surface area is 187 Å². The van der Waals surface area contributed by atoms with Crippen molar-refractivity contribution in [1.82, 2.24) is 19.6 Å². The number of piperidine rings is 1. The van der Waals surface area contributed by atoms with Gasteiger partial charge in [0.1, 0.15) is 0 Å². The van der Waals surface area contributed by atoms with Gasteiger partial charge in [-0.3, -0.25) is 14.4 Å². The Bertz CT molecular complexity index is 843. The molecule has 5 nitrogen and oxygen atoms in total. The average molecular weight is 423 g/mol. The van der Waals surface area contributed by atoms with Crippen molar-refractivity contribution in [3.63, 3.8) is 0 Å². The Morgan fingerprint density at radius 1 is 1.03 bits per heavy atom. The minimum Gasteiger partial charge on any atom is -0.343 e. The van der Waals surface area contributed by atoms with Crippen molar-refractivity contribution in [2.75, 3.05) is 26.2 Å². The zero-order valence-electron chi connectivity index (χ0n) is 19.4.